The number of rotatable bonds is 5. The molecular weight excluding hydrogens is 388 g/mol. The van der Waals surface area contributed by atoms with Crippen molar-refractivity contribution in [2.24, 2.45) is 5.14 Å². The van der Waals surface area contributed by atoms with Gasteiger partial charge in [0.25, 0.3) is 5.91 Å². The maximum atomic E-state index is 13.0. The number of nitrogens with zero attached hydrogens (tertiary/aromatic N) is 1. The van der Waals surface area contributed by atoms with Gasteiger partial charge in [0.15, 0.2) is 0 Å². The van der Waals surface area contributed by atoms with Gasteiger partial charge in [-0.25, -0.2) is 13.6 Å². The zero-order valence-corrected chi connectivity index (χ0v) is 16.4. The average Bonchev–Trinajstić information content (AvgIpc) is 3.15. The number of carbonyl (C=O) groups is 1. The van der Waals surface area contributed by atoms with Gasteiger partial charge in [0.05, 0.1) is 4.90 Å². The molecule has 0 bridgehead atoms. The van der Waals surface area contributed by atoms with E-state index in [9.17, 15) is 13.2 Å². The normalized spacial score (nSPS) is 13.2. The molecule has 0 saturated carbocycles. The summed E-state index contributed by atoms with van der Waals surface area (Å²) in [4.78, 5) is 14.6. The highest BCUT2D eigenvalue weighted by molar-refractivity contribution is 7.89. The van der Waals surface area contributed by atoms with Crippen LogP contribution in [0.5, 0.6) is 5.75 Å². The third kappa shape index (κ3) is 4.16. The molecule has 0 fully saturated rings. The van der Waals surface area contributed by atoms with Gasteiger partial charge in [-0.1, -0.05) is 36.4 Å². The maximum absolute atomic E-state index is 13.0. The number of amides is 1. The molecular formula is C22H20N2O4S. The molecule has 0 aromatic heterocycles. The third-order valence-corrected chi connectivity index (χ3v) is 5.79. The Bertz CT molecular complexity index is 1140. The van der Waals surface area contributed by atoms with Gasteiger partial charge >= 0.3 is 0 Å². The summed E-state index contributed by atoms with van der Waals surface area (Å²) in [5.74, 6) is 0.480. The number of nitrogens with two attached hydrogens (primary N) is 1. The van der Waals surface area contributed by atoms with Gasteiger partial charge in [-0.05, 0) is 53.9 Å². The van der Waals surface area contributed by atoms with Crippen molar-refractivity contribution in [3.05, 3.63) is 89.5 Å². The van der Waals surface area contributed by atoms with E-state index in [1.807, 2.05) is 30.3 Å². The van der Waals surface area contributed by atoms with Crippen molar-refractivity contribution in [2.45, 2.75) is 17.9 Å². The van der Waals surface area contributed by atoms with Crippen LogP contribution in [0.15, 0.2) is 77.7 Å². The Kier molecular flexibility index (Phi) is 5.08. The lowest BCUT2D eigenvalue weighted by molar-refractivity contribution is 0.0989. The summed E-state index contributed by atoms with van der Waals surface area (Å²) in [6, 6.07) is 21.4. The van der Waals surface area contributed by atoms with Gasteiger partial charge in [0, 0.05) is 17.8 Å². The lowest BCUT2D eigenvalue weighted by Gasteiger charge is -2.18. The minimum atomic E-state index is -3.83. The minimum absolute atomic E-state index is 0.000565. The molecule has 7 heteroatoms. The van der Waals surface area contributed by atoms with E-state index in [0.29, 0.717) is 36.6 Å². The first kappa shape index (κ1) is 19.2. The van der Waals surface area contributed by atoms with Gasteiger partial charge in [-0.2, -0.15) is 0 Å². The number of hydrogen-bond donors (Lipinski definition) is 1. The highest BCUT2D eigenvalue weighted by atomic mass is 32.2. The Morgan fingerprint density at radius 1 is 1.00 bits per heavy atom. The molecule has 1 heterocycles. The number of hydrogen-bond acceptors (Lipinski definition) is 4. The first-order valence-corrected chi connectivity index (χ1v) is 10.7. The highest BCUT2D eigenvalue weighted by Crippen LogP contribution is 2.31. The molecule has 3 aromatic rings. The molecule has 1 amide bonds. The lowest BCUT2D eigenvalue weighted by atomic mass is 10.1. The summed E-state index contributed by atoms with van der Waals surface area (Å²) in [5, 5.41) is 5.23. The van der Waals surface area contributed by atoms with Crippen molar-refractivity contribution in [2.75, 3.05) is 11.4 Å². The van der Waals surface area contributed by atoms with Gasteiger partial charge in [0.1, 0.15) is 12.4 Å². The van der Waals surface area contributed by atoms with E-state index in [4.69, 9.17) is 9.88 Å². The van der Waals surface area contributed by atoms with Crippen LogP contribution in [0.2, 0.25) is 0 Å². The molecule has 3 aromatic carbocycles. The quantitative estimate of drug-likeness (QED) is 0.702. The molecule has 0 atom stereocenters. The van der Waals surface area contributed by atoms with Crippen molar-refractivity contribution in [1.29, 1.82) is 0 Å². The molecule has 4 rings (SSSR count). The Labute approximate surface area is 169 Å². The van der Waals surface area contributed by atoms with E-state index >= 15 is 0 Å². The Morgan fingerprint density at radius 3 is 2.41 bits per heavy atom. The maximum Gasteiger partial charge on any atom is 0.258 e. The topological polar surface area (TPSA) is 89.7 Å². The number of sulfonamides is 1. The molecule has 0 saturated heterocycles. The summed E-state index contributed by atoms with van der Waals surface area (Å²) in [6.45, 7) is 0.943. The van der Waals surface area contributed by atoms with Crippen LogP contribution in [0.3, 0.4) is 0 Å². The third-order valence-electron chi connectivity index (χ3n) is 4.88. The second kappa shape index (κ2) is 7.69. The Morgan fingerprint density at radius 2 is 1.72 bits per heavy atom. The predicted molar refractivity (Wildman–Crippen MR) is 110 cm³/mol. The van der Waals surface area contributed by atoms with E-state index < -0.39 is 10.0 Å². The monoisotopic (exact) mass is 408 g/mol. The smallest absolute Gasteiger partial charge is 0.258 e. The summed E-state index contributed by atoms with van der Waals surface area (Å²) in [7, 11) is -3.83. The number of carbonyl (C=O) groups excluding carboxylic acids is 1. The molecule has 2 N–H and O–H groups in total. The first-order chi connectivity index (χ1) is 13.9. The van der Waals surface area contributed by atoms with Crippen molar-refractivity contribution in [3.8, 4) is 5.75 Å². The number of ether oxygens (including phenoxy) is 1. The van der Waals surface area contributed by atoms with Crippen LogP contribution in [0, 0.1) is 0 Å². The largest absolute Gasteiger partial charge is 0.489 e. The van der Waals surface area contributed by atoms with Crippen molar-refractivity contribution >= 4 is 21.6 Å². The van der Waals surface area contributed by atoms with Gasteiger partial charge in [-0.3, -0.25) is 4.79 Å². The number of anilines is 1. The van der Waals surface area contributed by atoms with Gasteiger partial charge in [0.2, 0.25) is 10.0 Å². The average molecular weight is 408 g/mol. The molecule has 1 aliphatic heterocycles. The molecule has 148 valence electrons. The van der Waals surface area contributed by atoms with Crippen LogP contribution in [-0.4, -0.2) is 20.9 Å². The van der Waals surface area contributed by atoms with E-state index in [2.05, 4.69) is 0 Å². The minimum Gasteiger partial charge on any atom is -0.489 e. The standard InChI is InChI=1S/C22H20N2O4S/c23-29(26,27)20-11-8-17-12-13-24(21(17)14-20)22(25)18-6-9-19(10-7-18)28-15-16-4-2-1-3-5-16/h1-11,14H,12-13,15H2,(H2,23,26,27). The SMILES string of the molecule is NS(=O)(=O)c1ccc2c(c1)N(C(=O)c1ccc(OCc3ccccc3)cc1)CC2. The fraction of sp³-hybridized carbons (Fsp3) is 0.136. The van der Waals surface area contributed by atoms with Gasteiger partial charge in [-0.15, -0.1) is 0 Å². The Hall–Kier alpha value is -3.16. The Balaban J connectivity index is 1.50. The molecule has 29 heavy (non-hydrogen) atoms. The number of fused-ring (bicyclic) bond motifs is 1. The van der Waals surface area contributed by atoms with Crippen molar-refractivity contribution in [1.82, 2.24) is 0 Å². The van der Waals surface area contributed by atoms with E-state index in [1.54, 1.807) is 35.2 Å². The van der Waals surface area contributed by atoms with Gasteiger partial charge < -0.3 is 9.64 Å². The van der Waals surface area contributed by atoms with Crippen LogP contribution in [-0.2, 0) is 23.1 Å². The molecule has 1 aliphatic rings. The molecule has 0 aliphatic carbocycles. The van der Waals surface area contributed by atoms with Crippen molar-refractivity contribution in [3.63, 3.8) is 0 Å². The summed E-state index contributed by atoms with van der Waals surface area (Å²) in [6.07, 6.45) is 0.671. The zero-order valence-electron chi connectivity index (χ0n) is 15.6. The van der Waals surface area contributed by atoms with E-state index in [-0.39, 0.29) is 10.8 Å². The van der Waals surface area contributed by atoms with Crippen LogP contribution >= 0.6 is 0 Å². The molecule has 0 spiro atoms. The second-order valence-corrected chi connectivity index (χ2v) is 8.40. The molecule has 0 radical (unpaired) electrons. The number of primary sulfonamides is 1. The van der Waals surface area contributed by atoms with E-state index in [0.717, 1.165) is 11.1 Å². The van der Waals surface area contributed by atoms with Crippen LogP contribution in [0.25, 0.3) is 0 Å². The molecule has 0 unspecified atom stereocenters. The van der Waals surface area contributed by atoms with Crippen LogP contribution < -0.4 is 14.8 Å². The second-order valence-electron chi connectivity index (χ2n) is 6.84. The first-order valence-electron chi connectivity index (χ1n) is 9.16. The van der Waals surface area contributed by atoms with Crippen molar-refractivity contribution < 1.29 is 17.9 Å². The lowest BCUT2D eigenvalue weighted by Crippen LogP contribution is -2.29. The number of benzene rings is 3. The fourth-order valence-corrected chi connectivity index (χ4v) is 3.87. The summed E-state index contributed by atoms with van der Waals surface area (Å²) in [5.41, 5.74) is 3.08. The molecule has 6 nitrogen and oxygen atoms in total. The highest BCUT2D eigenvalue weighted by Gasteiger charge is 2.27. The summed E-state index contributed by atoms with van der Waals surface area (Å²) < 4.78 is 29.0. The predicted octanol–water partition coefficient (Wildman–Crippen LogP) is 3.12. The van der Waals surface area contributed by atoms with Crippen LogP contribution in [0.4, 0.5) is 5.69 Å². The van der Waals surface area contributed by atoms with Crippen LogP contribution in [0.1, 0.15) is 21.5 Å². The van der Waals surface area contributed by atoms with E-state index in [1.165, 1.54) is 12.1 Å². The zero-order chi connectivity index (χ0) is 20.4. The fourth-order valence-electron chi connectivity index (χ4n) is 3.34. The summed E-state index contributed by atoms with van der Waals surface area (Å²) >= 11 is 0.